The van der Waals surface area contributed by atoms with Gasteiger partial charge in [0.25, 0.3) is 0 Å². The number of ether oxygens (including phenoxy) is 1. The van der Waals surface area contributed by atoms with Crippen LogP contribution in [0.25, 0.3) is 22.2 Å². The van der Waals surface area contributed by atoms with Gasteiger partial charge in [0.05, 0.1) is 10.9 Å². The molecule has 1 heterocycles. The van der Waals surface area contributed by atoms with E-state index in [4.69, 9.17) is 10.3 Å². The summed E-state index contributed by atoms with van der Waals surface area (Å²) in [5.74, 6) is -1.28. The number of fused-ring (bicyclic) bond motifs is 1. The van der Waals surface area contributed by atoms with Gasteiger partial charge in [0.15, 0.2) is 5.58 Å². The molecule has 0 radical (unpaired) electrons. The molecule has 0 spiro atoms. The Morgan fingerprint density at radius 2 is 1.85 bits per heavy atom. The SMILES string of the molecule is NC(=O)c1cccc2onc(-c3ccc(F)cc3CNC(=O)Nc3ccc(OC(F)F)cc3)c12. The molecule has 0 aliphatic rings. The van der Waals surface area contributed by atoms with Gasteiger partial charge in [-0.05, 0) is 60.2 Å². The first-order valence-electron chi connectivity index (χ1n) is 9.88. The third kappa shape index (κ3) is 4.93. The lowest BCUT2D eigenvalue weighted by molar-refractivity contribution is -0.0498. The summed E-state index contributed by atoms with van der Waals surface area (Å²) in [6.45, 7) is -3.05. The molecular weight excluding hydrogens is 453 g/mol. The Kier molecular flexibility index (Phi) is 6.35. The molecule has 0 unspecified atom stereocenters. The van der Waals surface area contributed by atoms with Crippen LogP contribution in [-0.2, 0) is 6.54 Å². The Balaban J connectivity index is 1.54. The van der Waals surface area contributed by atoms with E-state index in [1.165, 1.54) is 48.5 Å². The number of carbonyl (C=O) groups excluding carboxylic acids is 2. The van der Waals surface area contributed by atoms with E-state index in [1.807, 2.05) is 0 Å². The molecule has 1 aromatic heterocycles. The van der Waals surface area contributed by atoms with Gasteiger partial charge >= 0.3 is 12.6 Å². The highest BCUT2D eigenvalue weighted by Crippen LogP contribution is 2.33. The second-order valence-electron chi connectivity index (χ2n) is 7.09. The highest BCUT2D eigenvalue weighted by atomic mass is 19.3. The Bertz CT molecular complexity index is 1360. The first-order valence-corrected chi connectivity index (χ1v) is 9.88. The van der Waals surface area contributed by atoms with Crippen molar-refractivity contribution in [1.29, 1.82) is 0 Å². The van der Waals surface area contributed by atoms with Crippen LogP contribution in [0, 0.1) is 5.82 Å². The quantitative estimate of drug-likeness (QED) is 0.363. The Morgan fingerprint density at radius 1 is 1.09 bits per heavy atom. The molecule has 4 N–H and O–H groups in total. The first kappa shape index (κ1) is 22.6. The van der Waals surface area contributed by atoms with Crippen LogP contribution in [0.4, 0.5) is 23.7 Å². The van der Waals surface area contributed by atoms with Crippen LogP contribution in [0.15, 0.2) is 65.2 Å². The van der Waals surface area contributed by atoms with Gasteiger partial charge in [-0.25, -0.2) is 9.18 Å². The molecule has 174 valence electrons. The van der Waals surface area contributed by atoms with Crippen molar-refractivity contribution in [3.05, 3.63) is 77.6 Å². The highest BCUT2D eigenvalue weighted by Gasteiger charge is 2.20. The lowest BCUT2D eigenvalue weighted by Gasteiger charge is -2.12. The van der Waals surface area contributed by atoms with Crippen LogP contribution in [0.2, 0.25) is 0 Å². The number of nitrogens with two attached hydrogens (primary N) is 1. The predicted octanol–water partition coefficient (Wildman–Crippen LogP) is 4.66. The van der Waals surface area contributed by atoms with Crippen molar-refractivity contribution >= 4 is 28.6 Å². The molecule has 34 heavy (non-hydrogen) atoms. The molecule has 4 aromatic rings. The molecule has 0 atom stereocenters. The van der Waals surface area contributed by atoms with Gasteiger partial charge in [0.2, 0.25) is 5.91 Å². The number of carbonyl (C=O) groups is 2. The van der Waals surface area contributed by atoms with Gasteiger partial charge < -0.3 is 25.6 Å². The summed E-state index contributed by atoms with van der Waals surface area (Å²) < 4.78 is 48.0. The molecular formula is C23H17F3N4O4. The Labute approximate surface area is 190 Å². The summed E-state index contributed by atoms with van der Waals surface area (Å²) in [7, 11) is 0. The van der Waals surface area contributed by atoms with Crippen LogP contribution < -0.4 is 21.1 Å². The second-order valence-corrected chi connectivity index (χ2v) is 7.09. The van der Waals surface area contributed by atoms with Gasteiger partial charge in [-0.1, -0.05) is 11.2 Å². The summed E-state index contributed by atoms with van der Waals surface area (Å²) in [5, 5.41) is 9.52. The van der Waals surface area contributed by atoms with Gasteiger partial charge in [0, 0.05) is 17.8 Å². The number of alkyl halides is 2. The molecule has 0 fully saturated rings. The van der Waals surface area contributed by atoms with Gasteiger partial charge in [-0.15, -0.1) is 0 Å². The van der Waals surface area contributed by atoms with Crippen molar-refractivity contribution in [3.8, 4) is 17.0 Å². The molecule has 0 saturated heterocycles. The number of halogens is 3. The molecule has 4 rings (SSSR count). The maximum absolute atomic E-state index is 14.0. The zero-order valence-electron chi connectivity index (χ0n) is 17.3. The number of aromatic nitrogens is 1. The largest absolute Gasteiger partial charge is 0.435 e. The van der Waals surface area contributed by atoms with Crippen molar-refractivity contribution in [1.82, 2.24) is 10.5 Å². The standard InChI is InChI=1S/C23H17F3N4O4/c24-13-4-9-16(20-19-17(21(27)31)2-1-3-18(19)34-30-20)12(10-13)11-28-23(32)29-14-5-7-15(8-6-14)33-22(25)26/h1-10,22H,11H2,(H2,27,31)(H2,28,29,32). The number of amides is 3. The van der Waals surface area contributed by atoms with E-state index in [0.717, 1.165) is 0 Å². The van der Waals surface area contributed by atoms with Gasteiger partial charge in [0.1, 0.15) is 17.3 Å². The highest BCUT2D eigenvalue weighted by molar-refractivity contribution is 6.10. The zero-order valence-corrected chi connectivity index (χ0v) is 17.3. The monoisotopic (exact) mass is 470 g/mol. The van der Waals surface area contributed by atoms with E-state index in [1.54, 1.807) is 12.1 Å². The third-order valence-corrected chi connectivity index (χ3v) is 4.86. The normalized spacial score (nSPS) is 10.9. The fraction of sp³-hybridized carbons (Fsp3) is 0.0870. The van der Waals surface area contributed by atoms with E-state index in [0.29, 0.717) is 27.8 Å². The number of nitrogens with one attached hydrogen (secondary N) is 2. The number of urea groups is 1. The van der Waals surface area contributed by atoms with Crippen LogP contribution in [0.5, 0.6) is 5.75 Å². The minimum Gasteiger partial charge on any atom is -0.435 e. The molecule has 3 aromatic carbocycles. The molecule has 0 saturated carbocycles. The topological polar surface area (TPSA) is 119 Å². The number of benzene rings is 3. The fourth-order valence-electron chi connectivity index (χ4n) is 3.39. The number of rotatable bonds is 7. The Morgan fingerprint density at radius 3 is 2.56 bits per heavy atom. The average molecular weight is 470 g/mol. The van der Waals surface area contributed by atoms with Crippen LogP contribution in [-0.4, -0.2) is 23.7 Å². The minimum atomic E-state index is -2.96. The van der Waals surface area contributed by atoms with Gasteiger partial charge in [-0.2, -0.15) is 8.78 Å². The van der Waals surface area contributed by atoms with E-state index in [9.17, 15) is 22.8 Å². The van der Waals surface area contributed by atoms with Crippen LogP contribution in [0.3, 0.4) is 0 Å². The molecule has 0 aliphatic heterocycles. The zero-order chi connectivity index (χ0) is 24.2. The first-order chi connectivity index (χ1) is 16.3. The fourth-order valence-corrected chi connectivity index (χ4v) is 3.39. The molecule has 0 aliphatic carbocycles. The third-order valence-electron chi connectivity index (χ3n) is 4.86. The Hall–Kier alpha value is -4.54. The molecule has 11 heteroatoms. The van der Waals surface area contributed by atoms with E-state index in [-0.39, 0.29) is 23.6 Å². The van der Waals surface area contributed by atoms with Crippen LogP contribution in [0.1, 0.15) is 15.9 Å². The summed E-state index contributed by atoms with van der Waals surface area (Å²) in [6, 6.07) is 13.3. The summed E-state index contributed by atoms with van der Waals surface area (Å²) in [4.78, 5) is 24.2. The number of hydrogen-bond donors (Lipinski definition) is 3. The van der Waals surface area contributed by atoms with E-state index < -0.39 is 24.4 Å². The lowest BCUT2D eigenvalue weighted by atomic mass is 9.98. The van der Waals surface area contributed by atoms with Crippen molar-refractivity contribution < 1.29 is 32.0 Å². The molecule has 8 nitrogen and oxygen atoms in total. The predicted molar refractivity (Wildman–Crippen MR) is 117 cm³/mol. The number of nitrogens with zero attached hydrogens (tertiary/aromatic N) is 1. The number of primary amides is 1. The lowest BCUT2D eigenvalue weighted by Crippen LogP contribution is -2.28. The van der Waals surface area contributed by atoms with Crippen molar-refractivity contribution in [2.24, 2.45) is 5.73 Å². The summed E-state index contributed by atoms with van der Waals surface area (Å²) in [5.41, 5.74) is 7.39. The molecule has 0 bridgehead atoms. The maximum atomic E-state index is 14.0. The van der Waals surface area contributed by atoms with Crippen molar-refractivity contribution in [3.63, 3.8) is 0 Å². The smallest absolute Gasteiger partial charge is 0.387 e. The summed E-state index contributed by atoms with van der Waals surface area (Å²) >= 11 is 0. The van der Waals surface area contributed by atoms with Crippen molar-refractivity contribution in [2.45, 2.75) is 13.2 Å². The maximum Gasteiger partial charge on any atom is 0.387 e. The number of anilines is 1. The molecule has 3 amide bonds. The number of hydrogen-bond acceptors (Lipinski definition) is 5. The van der Waals surface area contributed by atoms with Gasteiger partial charge in [-0.3, -0.25) is 4.79 Å². The van der Waals surface area contributed by atoms with E-state index in [2.05, 4.69) is 20.5 Å². The van der Waals surface area contributed by atoms with Crippen molar-refractivity contribution in [2.75, 3.05) is 5.32 Å². The average Bonchev–Trinajstić information content (AvgIpc) is 3.23. The van der Waals surface area contributed by atoms with E-state index >= 15 is 0 Å². The minimum absolute atomic E-state index is 0.0551. The van der Waals surface area contributed by atoms with Crippen LogP contribution >= 0.6 is 0 Å². The summed E-state index contributed by atoms with van der Waals surface area (Å²) in [6.07, 6.45) is 0. The second kappa shape index (κ2) is 9.53.